The molecule has 0 bridgehead atoms. The third-order valence-electron chi connectivity index (χ3n) is 4.67. The minimum atomic E-state index is -0.471. The molecule has 3 rings (SSSR count). The highest BCUT2D eigenvalue weighted by atomic mass is 16.6. The summed E-state index contributed by atoms with van der Waals surface area (Å²) < 4.78 is 5.52. The lowest BCUT2D eigenvalue weighted by atomic mass is 10.1. The van der Waals surface area contributed by atoms with Crippen molar-refractivity contribution in [3.05, 3.63) is 74.6 Å². The van der Waals surface area contributed by atoms with E-state index in [1.807, 2.05) is 18.2 Å². The molecule has 0 spiro atoms. The summed E-state index contributed by atoms with van der Waals surface area (Å²) in [6.45, 7) is 7.57. The molecule has 3 aromatic rings. The van der Waals surface area contributed by atoms with E-state index in [0.717, 1.165) is 24.2 Å². The highest BCUT2D eigenvalue weighted by molar-refractivity contribution is 6.01. The number of hydrogen-bond donors (Lipinski definition) is 1. The van der Waals surface area contributed by atoms with E-state index in [1.54, 1.807) is 25.1 Å². The van der Waals surface area contributed by atoms with Gasteiger partial charge in [-0.15, -0.1) is 0 Å². The molecule has 29 heavy (non-hydrogen) atoms. The fourth-order valence-electron chi connectivity index (χ4n) is 3.00. The second kappa shape index (κ2) is 8.55. The van der Waals surface area contributed by atoms with E-state index in [1.165, 1.54) is 12.1 Å². The summed E-state index contributed by atoms with van der Waals surface area (Å²) in [5.74, 6) is 0. The number of hydrazone groups is 1. The highest BCUT2D eigenvalue weighted by Crippen LogP contribution is 2.22. The minimum absolute atomic E-state index is 0.00416. The van der Waals surface area contributed by atoms with Crippen molar-refractivity contribution in [3.63, 3.8) is 0 Å². The van der Waals surface area contributed by atoms with Gasteiger partial charge in [0.15, 0.2) is 0 Å². The molecule has 1 N–H and O–H groups in total. The van der Waals surface area contributed by atoms with Gasteiger partial charge in [0.2, 0.25) is 0 Å². The summed E-state index contributed by atoms with van der Waals surface area (Å²) in [5, 5.41) is 15.7. The Morgan fingerprint density at radius 3 is 2.45 bits per heavy atom. The molecule has 0 saturated heterocycles. The van der Waals surface area contributed by atoms with Crippen molar-refractivity contribution in [2.24, 2.45) is 5.10 Å². The first-order valence-electron chi connectivity index (χ1n) is 9.31. The van der Waals surface area contributed by atoms with Gasteiger partial charge < -0.3 is 9.32 Å². The maximum Gasteiger partial charge on any atom is 0.345 e. The Bertz CT molecular complexity index is 1120. The zero-order valence-corrected chi connectivity index (χ0v) is 16.5. The fourth-order valence-corrected chi connectivity index (χ4v) is 3.00. The number of nitrogens with one attached hydrogen (secondary N) is 1. The van der Waals surface area contributed by atoms with Crippen LogP contribution in [-0.4, -0.2) is 23.7 Å². The normalized spacial score (nSPS) is 11.5. The van der Waals surface area contributed by atoms with Crippen LogP contribution in [0.3, 0.4) is 0 Å². The maximum absolute atomic E-state index is 12.5. The number of fused-ring (bicyclic) bond motifs is 1. The Labute approximate surface area is 167 Å². The molecular formula is C21H22N4O4. The van der Waals surface area contributed by atoms with Crippen LogP contribution in [0.15, 0.2) is 62.8 Å². The van der Waals surface area contributed by atoms with E-state index in [9.17, 15) is 14.9 Å². The number of rotatable bonds is 7. The molecule has 8 nitrogen and oxygen atoms in total. The van der Waals surface area contributed by atoms with Gasteiger partial charge >= 0.3 is 5.63 Å². The number of benzene rings is 2. The van der Waals surface area contributed by atoms with Gasteiger partial charge in [-0.1, -0.05) is 0 Å². The first-order valence-corrected chi connectivity index (χ1v) is 9.31. The minimum Gasteiger partial charge on any atom is -0.422 e. The van der Waals surface area contributed by atoms with Crippen molar-refractivity contribution in [1.29, 1.82) is 0 Å². The first kappa shape index (κ1) is 20.1. The molecule has 0 aliphatic carbocycles. The van der Waals surface area contributed by atoms with Gasteiger partial charge in [-0.3, -0.25) is 15.5 Å². The summed E-state index contributed by atoms with van der Waals surface area (Å²) in [7, 11) is 0. The van der Waals surface area contributed by atoms with Crippen molar-refractivity contribution in [3.8, 4) is 0 Å². The van der Waals surface area contributed by atoms with E-state index in [0.29, 0.717) is 22.5 Å². The number of hydrogen-bond acceptors (Lipinski definition) is 7. The fraction of sp³-hybridized carbons (Fsp3) is 0.238. The van der Waals surface area contributed by atoms with Gasteiger partial charge in [-0.05, 0) is 51.1 Å². The van der Waals surface area contributed by atoms with Crippen LogP contribution in [0.1, 0.15) is 26.3 Å². The Balaban J connectivity index is 1.87. The van der Waals surface area contributed by atoms with Gasteiger partial charge in [0, 0.05) is 42.4 Å². The number of anilines is 2. The smallest absolute Gasteiger partial charge is 0.345 e. The predicted octanol–water partition coefficient (Wildman–Crippen LogP) is 4.38. The van der Waals surface area contributed by atoms with Crippen molar-refractivity contribution < 1.29 is 9.34 Å². The van der Waals surface area contributed by atoms with Crippen LogP contribution >= 0.6 is 0 Å². The lowest BCUT2D eigenvalue weighted by Crippen LogP contribution is -2.21. The molecule has 0 atom stereocenters. The quantitative estimate of drug-likeness (QED) is 0.276. The monoisotopic (exact) mass is 394 g/mol. The molecule has 150 valence electrons. The SMILES string of the molecule is CCN(CC)c1ccc2cc(/C(C)=N/Nc3ccc([N+](=O)[O-])cc3)c(=O)oc2c1. The van der Waals surface area contributed by atoms with Crippen molar-refractivity contribution in [2.45, 2.75) is 20.8 Å². The van der Waals surface area contributed by atoms with Crippen LogP contribution in [0.2, 0.25) is 0 Å². The van der Waals surface area contributed by atoms with Crippen molar-refractivity contribution in [2.75, 3.05) is 23.4 Å². The topological polar surface area (TPSA) is 101 Å². The summed E-state index contributed by atoms with van der Waals surface area (Å²) in [4.78, 5) is 24.9. The largest absolute Gasteiger partial charge is 0.422 e. The molecule has 1 aromatic heterocycles. The van der Waals surface area contributed by atoms with E-state index >= 15 is 0 Å². The van der Waals surface area contributed by atoms with Gasteiger partial charge in [0.05, 0.1) is 21.9 Å². The molecule has 2 aromatic carbocycles. The number of non-ortho nitro benzene ring substituents is 1. The molecule has 0 amide bonds. The molecule has 8 heteroatoms. The summed E-state index contributed by atoms with van der Waals surface area (Å²) >= 11 is 0. The molecule has 0 radical (unpaired) electrons. The Morgan fingerprint density at radius 2 is 1.83 bits per heavy atom. The maximum atomic E-state index is 12.5. The molecule has 0 unspecified atom stereocenters. The summed E-state index contributed by atoms with van der Waals surface area (Å²) in [5.41, 5.74) is 5.23. The Hall–Kier alpha value is -3.68. The van der Waals surface area contributed by atoms with Crippen LogP contribution in [-0.2, 0) is 0 Å². The van der Waals surface area contributed by atoms with Crippen LogP contribution < -0.4 is 16.0 Å². The molecular weight excluding hydrogens is 372 g/mol. The van der Waals surface area contributed by atoms with E-state index in [2.05, 4.69) is 29.3 Å². The predicted molar refractivity (Wildman–Crippen MR) is 115 cm³/mol. The highest BCUT2D eigenvalue weighted by Gasteiger charge is 2.11. The van der Waals surface area contributed by atoms with Gasteiger partial charge in [-0.25, -0.2) is 4.79 Å². The van der Waals surface area contributed by atoms with Crippen LogP contribution in [0.5, 0.6) is 0 Å². The number of nitro groups is 1. The van der Waals surface area contributed by atoms with E-state index in [4.69, 9.17) is 4.42 Å². The standard InChI is InChI=1S/C21H22N4O4/c1-4-24(5-2)18-9-6-15-12-19(21(26)29-20(15)13-18)14(3)22-23-16-7-10-17(11-8-16)25(27)28/h6-13,23H,4-5H2,1-3H3/b22-14+. The second-order valence-corrected chi connectivity index (χ2v) is 6.45. The Morgan fingerprint density at radius 1 is 1.14 bits per heavy atom. The first-order chi connectivity index (χ1) is 13.9. The lowest BCUT2D eigenvalue weighted by Gasteiger charge is -2.21. The van der Waals surface area contributed by atoms with Gasteiger partial charge in [0.1, 0.15) is 5.58 Å². The molecule has 0 aliphatic heterocycles. The summed E-state index contributed by atoms with van der Waals surface area (Å²) in [6, 6.07) is 13.4. The van der Waals surface area contributed by atoms with Crippen LogP contribution in [0, 0.1) is 10.1 Å². The Kier molecular flexibility index (Phi) is 5.92. The summed E-state index contributed by atoms with van der Waals surface area (Å²) in [6.07, 6.45) is 0. The van der Waals surface area contributed by atoms with Crippen LogP contribution in [0.4, 0.5) is 17.1 Å². The van der Waals surface area contributed by atoms with Gasteiger partial charge in [0.25, 0.3) is 5.69 Å². The van der Waals surface area contributed by atoms with Gasteiger partial charge in [-0.2, -0.15) is 5.10 Å². The van der Waals surface area contributed by atoms with Crippen molar-refractivity contribution >= 4 is 33.7 Å². The third-order valence-corrected chi connectivity index (χ3v) is 4.67. The zero-order chi connectivity index (χ0) is 21.0. The lowest BCUT2D eigenvalue weighted by molar-refractivity contribution is -0.384. The molecule has 1 heterocycles. The van der Waals surface area contributed by atoms with Crippen molar-refractivity contribution in [1.82, 2.24) is 0 Å². The molecule has 0 fully saturated rings. The zero-order valence-electron chi connectivity index (χ0n) is 16.5. The number of nitrogens with zero attached hydrogens (tertiary/aromatic N) is 3. The van der Waals surface area contributed by atoms with Crippen LogP contribution in [0.25, 0.3) is 11.0 Å². The average Bonchev–Trinajstić information content (AvgIpc) is 2.72. The molecule has 0 aliphatic rings. The number of nitro benzene ring substituents is 1. The molecule has 0 saturated carbocycles. The van der Waals surface area contributed by atoms with E-state index < -0.39 is 10.5 Å². The third kappa shape index (κ3) is 4.43. The van der Waals surface area contributed by atoms with E-state index in [-0.39, 0.29) is 5.69 Å². The second-order valence-electron chi connectivity index (χ2n) is 6.45. The average molecular weight is 394 g/mol.